The second-order valence-corrected chi connectivity index (χ2v) is 6.61. The molecule has 0 radical (unpaired) electrons. The molecule has 0 aliphatic heterocycles. The highest BCUT2D eigenvalue weighted by molar-refractivity contribution is 9.10. The van der Waals surface area contributed by atoms with E-state index in [1.54, 1.807) is 6.92 Å². The van der Waals surface area contributed by atoms with E-state index in [9.17, 15) is 4.79 Å². The van der Waals surface area contributed by atoms with E-state index in [-0.39, 0.29) is 11.9 Å². The van der Waals surface area contributed by atoms with Crippen molar-refractivity contribution in [2.75, 3.05) is 6.61 Å². The molecule has 0 aliphatic carbocycles. The summed E-state index contributed by atoms with van der Waals surface area (Å²) in [4.78, 5) is 21.3. The molecule has 0 aromatic carbocycles. The average Bonchev–Trinajstić information content (AvgIpc) is 2.53. The first-order valence-corrected chi connectivity index (χ1v) is 9.55. The normalized spacial score (nSPS) is 12.2. The van der Waals surface area contributed by atoms with E-state index in [0.29, 0.717) is 16.9 Å². The maximum absolute atomic E-state index is 12.2. The Labute approximate surface area is 148 Å². The zero-order valence-electron chi connectivity index (χ0n) is 14.8. The van der Waals surface area contributed by atoms with Gasteiger partial charge < -0.3 is 4.74 Å². The summed E-state index contributed by atoms with van der Waals surface area (Å²) in [5.41, 5.74) is 1.98. The van der Waals surface area contributed by atoms with E-state index in [0.717, 1.165) is 30.7 Å². The van der Waals surface area contributed by atoms with Gasteiger partial charge in [0.2, 0.25) is 0 Å². The molecule has 0 saturated carbocycles. The maximum Gasteiger partial charge on any atom is 0.358 e. The Morgan fingerprint density at radius 1 is 1.13 bits per heavy atom. The zero-order chi connectivity index (χ0) is 17.2. The molecule has 0 bridgehead atoms. The highest BCUT2D eigenvalue weighted by Gasteiger charge is 2.23. The molecule has 1 aromatic rings. The molecule has 1 aromatic heterocycles. The molecule has 1 rings (SSSR count). The predicted molar refractivity (Wildman–Crippen MR) is 96.8 cm³/mol. The van der Waals surface area contributed by atoms with E-state index in [4.69, 9.17) is 4.74 Å². The molecular weight excluding hydrogens is 356 g/mol. The van der Waals surface area contributed by atoms with Crippen molar-refractivity contribution in [3.8, 4) is 0 Å². The van der Waals surface area contributed by atoms with Gasteiger partial charge in [0.25, 0.3) is 0 Å². The predicted octanol–water partition coefficient (Wildman–Crippen LogP) is 5.58. The fourth-order valence-corrected chi connectivity index (χ4v) is 2.94. The largest absolute Gasteiger partial charge is 0.461 e. The van der Waals surface area contributed by atoms with Crippen molar-refractivity contribution in [1.82, 2.24) is 9.97 Å². The van der Waals surface area contributed by atoms with Crippen molar-refractivity contribution >= 4 is 21.9 Å². The lowest BCUT2D eigenvalue weighted by molar-refractivity contribution is 0.0516. The van der Waals surface area contributed by atoms with Gasteiger partial charge in [-0.15, -0.1) is 0 Å². The third-order valence-corrected chi connectivity index (χ3v) is 4.79. The second-order valence-electron chi connectivity index (χ2n) is 5.86. The van der Waals surface area contributed by atoms with Crippen LogP contribution in [0.5, 0.6) is 0 Å². The SMILES string of the molecule is CCCCCCCC(CC)c1nc(C)c(Br)nc1C(=O)OCC. The molecule has 1 atom stereocenters. The standard InChI is InChI=1S/C18H29BrN2O2/c1-5-8-9-10-11-12-14(6-2)15-16(18(22)23-7-3)21-17(19)13(4)20-15/h14H,5-12H2,1-4H3. The first kappa shape index (κ1) is 20.1. The third-order valence-electron chi connectivity index (χ3n) is 4.04. The minimum Gasteiger partial charge on any atom is -0.461 e. The molecule has 0 amide bonds. The summed E-state index contributed by atoms with van der Waals surface area (Å²) in [6.07, 6.45) is 8.23. The number of aromatic nitrogens is 2. The van der Waals surface area contributed by atoms with Crippen LogP contribution in [-0.4, -0.2) is 22.5 Å². The van der Waals surface area contributed by atoms with Gasteiger partial charge in [-0.2, -0.15) is 0 Å². The number of unbranched alkanes of at least 4 members (excludes halogenated alkanes) is 4. The Hall–Kier alpha value is -0.970. The van der Waals surface area contributed by atoms with Crippen LogP contribution < -0.4 is 0 Å². The molecule has 0 saturated heterocycles. The van der Waals surface area contributed by atoms with Gasteiger partial charge in [0.05, 0.1) is 18.0 Å². The number of carbonyl (C=O) groups is 1. The summed E-state index contributed by atoms with van der Waals surface area (Å²) < 4.78 is 5.77. The number of hydrogen-bond donors (Lipinski definition) is 0. The number of hydrogen-bond acceptors (Lipinski definition) is 4. The molecule has 1 heterocycles. The first-order valence-electron chi connectivity index (χ1n) is 8.76. The number of rotatable bonds is 10. The van der Waals surface area contributed by atoms with Gasteiger partial charge in [-0.1, -0.05) is 46.0 Å². The van der Waals surface area contributed by atoms with Gasteiger partial charge in [-0.3, -0.25) is 4.98 Å². The van der Waals surface area contributed by atoms with Crippen LogP contribution in [0.1, 0.15) is 93.5 Å². The van der Waals surface area contributed by atoms with Gasteiger partial charge in [-0.25, -0.2) is 9.78 Å². The van der Waals surface area contributed by atoms with E-state index in [1.807, 2.05) is 6.92 Å². The summed E-state index contributed by atoms with van der Waals surface area (Å²) in [6.45, 7) is 8.42. The molecule has 0 fully saturated rings. The van der Waals surface area contributed by atoms with Crippen LogP contribution in [0.15, 0.2) is 4.60 Å². The lowest BCUT2D eigenvalue weighted by Crippen LogP contribution is -2.16. The number of aryl methyl sites for hydroxylation is 1. The fraction of sp³-hybridized carbons (Fsp3) is 0.722. The minimum atomic E-state index is -0.375. The molecule has 130 valence electrons. The van der Waals surface area contributed by atoms with Gasteiger partial charge in [-0.05, 0) is 42.6 Å². The van der Waals surface area contributed by atoms with Gasteiger partial charge >= 0.3 is 5.97 Å². The molecule has 23 heavy (non-hydrogen) atoms. The van der Waals surface area contributed by atoms with Crippen molar-refractivity contribution in [1.29, 1.82) is 0 Å². The number of carbonyl (C=O) groups excluding carboxylic acids is 1. The Kier molecular flexibility index (Phi) is 9.37. The third kappa shape index (κ3) is 6.21. The highest BCUT2D eigenvalue weighted by atomic mass is 79.9. The lowest BCUT2D eigenvalue weighted by atomic mass is 9.93. The van der Waals surface area contributed by atoms with Crippen LogP contribution in [0.3, 0.4) is 0 Å². The highest BCUT2D eigenvalue weighted by Crippen LogP contribution is 2.29. The van der Waals surface area contributed by atoms with E-state index in [1.165, 1.54) is 25.7 Å². The fourth-order valence-electron chi connectivity index (χ4n) is 2.68. The zero-order valence-corrected chi connectivity index (χ0v) is 16.4. The Morgan fingerprint density at radius 2 is 1.83 bits per heavy atom. The average molecular weight is 385 g/mol. The van der Waals surface area contributed by atoms with Crippen molar-refractivity contribution in [3.05, 3.63) is 21.7 Å². The van der Waals surface area contributed by atoms with Crippen molar-refractivity contribution in [3.63, 3.8) is 0 Å². The molecule has 0 aliphatic rings. The van der Waals surface area contributed by atoms with Crippen LogP contribution in [-0.2, 0) is 4.74 Å². The van der Waals surface area contributed by atoms with Crippen molar-refractivity contribution in [2.24, 2.45) is 0 Å². The van der Waals surface area contributed by atoms with Crippen LogP contribution in [0.25, 0.3) is 0 Å². The Balaban J connectivity index is 2.92. The monoisotopic (exact) mass is 384 g/mol. The Morgan fingerprint density at radius 3 is 2.43 bits per heavy atom. The van der Waals surface area contributed by atoms with E-state index < -0.39 is 0 Å². The van der Waals surface area contributed by atoms with E-state index in [2.05, 4.69) is 39.7 Å². The molecule has 0 N–H and O–H groups in total. The summed E-state index contributed by atoms with van der Waals surface area (Å²) in [7, 11) is 0. The summed E-state index contributed by atoms with van der Waals surface area (Å²) >= 11 is 3.37. The van der Waals surface area contributed by atoms with Crippen LogP contribution in [0, 0.1) is 6.92 Å². The molecular formula is C18H29BrN2O2. The molecule has 5 heteroatoms. The maximum atomic E-state index is 12.2. The minimum absolute atomic E-state index is 0.260. The van der Waals surface area contributed by atoms with Crippen LogP contribution >= 0.6 is 15.9 Å². The van der Waals surface area contributed by atoms with Crippen molar-refractivity contribution in [2.45, 2.75) is 78.6 Å². The van der Waals surface area contributed by atoms with Gasteiger partial charge in [0.1, 0.15) is 4.60 Å². The topological polar surface area (TPSA) is 52.1 Å². The number of ether oxygens (including phenoxy) is 1. The quantitative estimate of drug-likeness (QED) is 0.390. The molecule has 4 nitrogen and oxygen atoms in total. The second kappa shape index (κ2) is 10.7. The van der Waals surface area contributed by atoms with Gasteiger partial charge in [0, 0.05) is 5.92 Å². The first-order chi connectivity index (χ1) is 11.0. The Bertz CT molecular complexity index is 506. The summed E-state index contributed by atoms with van der Waals surface area (Å²) in [6, 6.07) is 0. The summed E-state index contributed by atoms with van der Waals surface area (Å²) in [5.74, 6) is -0.115. The summed E-state index contributed by atoms with van der Waals surface area (Å²) in [5, 5.41) is 0. The molecule has 0 spiro atoms. The number of esters is 1. The smallest absolute Gasteiger partial charge is 0.358 e. The van der Waals surface area contributed by atoms with Crippen LogP contribution in [0.4, 0.5) is 0 Å². The lowest BCUT2D eigenvalue weighted by Gasteiger charge is -2.18. The van der Waals surface area contributed by atoms with Crippen LogP contribution in [0.2, 0.25) is 0 Å². The van der Waals surface area contributed by atoms with E-state index >= 15 is 0 Å². The number of nitrogens with zero attached hydrogens (tertiary/aromatic N) is 2. The number of halogens is 1. The molecule has 1 unspecified atom stereocenters. The van der Waals surface area contributed by atoms with Gasteiger partial charge in [0.15, 0.2) is 5.69 Å². The van der Waals surface area contributed by atoms with Crippen molar-refractivity contribution < 1.29 is 9.53 Å².